The molecular weight excluding hydrogens is 466 g/mol. The average molecular weight is 486 g/mol. The van der Waals surface area contributed by atoms with Crippen LogP contribution in [-0.2, 0) is 9.59 Å². The van der Waals surface area contributed by atoms with Crippen LogP contribution in [0.15, 0.2) is 47.5 Å². The lowest BCUT2D eigenvalue weighted by Gasteiger charge is -2.13. The normalized spacial score (nSPS) is 15.3. The Hall–Kier alpha value is -2.68. The van der Waals surface area contributed by atoms with Gasteiger partial charge >= 0.3 is 5.97 Å². The molecule has 0 saturated carbocycles. The molecule has 0 radical (unpaired) electrons. The number of carbonyl (C=O) groups excluding carboxylic acids is 1. The summed E-state index contributed by atoms with van der Waals surface area (Å²) in [4.78, 5) is 33.4. The van der Waals surface area contributed by atoms with Crippen LogP contribution in [0.2, 0.25) is 5.02 Å². The van der Waals surface area contributed by atoms with Crippen LogP contribution >= 0.6 is 35.6 Å². The van der Waals surface area contributed by atoms with Gasteiger partial charge in [-0.25, -0.2) is 4.98 Å². The third kappa shape index (κ3) is 5.03. The van der Waals surface area contributed by atoms with Crippen molar-refractivity contribution >= 4 is 68.8 Å². The van der Waals surface area contributed by atoms with Gasteiger partial charge in [-0.2, -0.15) is 0 Å². The van der Waals surface area contributed by atoms with Crippen molar-refractivity contribution in [3.8, 4) is 11.3 Å². The van der Waals surface area contributed by atoms with Crippen LogP contribution in [0, 0.1) is 0 Å². The van der Waals surface area contributed by atoms with E-state index in [4.69, 9.17) is 28.9 Å². The maximum Gasteiger partial charge on any atom is 0.303 e. The molecule has 0 aliphatic carbocycles. The molecule has 4 rings (SSSR count). The minimum absolute atomic E-state index is 0.135. The highest BCUT2D eigenvalue weighted by molar-refractivity contribution is 8.26. The molecule has 3 aromatic rings. The number of benzene rings is 1. The van der Waals surface area contributed by atoms with Gasteiger partial charge in [0.2, 0.25) is 0 Å². The molecule has 1 aliphatic rings. The molecule has 32 heavy (non-hydrogen) atoms. The van der Waals surface area contributed by atoms with Crippen molar-refractivity contribution in [2.75, 3.05) is 6.54 Å². The number of aromatic amines is 1. The van der Waals surface area contributed by atoms with Crippen LogP contribution in [0.25, 0.3) is 28.2 Å². The fraction of sp³-hybridized carbons (Fsp3) is 0.217. The second-order valence-electron chi connectivity index (χ2n) is 7.38. The molecule has 1 fully saturated rings. The Balaban J connectivity index is 1.50. The lowest BCUT2D eigenvalue weighted by molar-refractivity contribution is -0.137. The number of thioether (sulfide) groups is 1. The number of H-pyrrole nitrogens is 1. The van der Waals surface area contributed by atoms with E-state index in [2.05, 4.69) is 16.0 Å². The van der Waals surface area contributed by atoms with Gasteiger partial charge in [-0.1, -0.05) is 48.1 Å². The topological polar surface area (TPSA) is 86.3 Å². The van der Waals surface area contributed by atoms with Gasteiger partial charge in [-0.05, 0) is 49.2 Å². The first-order chi connectivity index (χ1) is 15.4. The summed E-state index contributed by atoms with van der Waals surface area (Å²) in [6.45, 7) is 0.472. The van der Waals surface area contributed by atoms with Crippen molar-refractivity contribution in [3.63, 3.8) is 0 Å². The minimum atomic E-state index is -0.807. The maximum absolute atomic E-state index is 12.9. The molecule has 9 heteroatoms. The second kappa shape index (κ2) is 9.85. The fourth-order valence-corrected chi connectivity index (χ4v) is 4.92. The van der Waals surface area contributed by atoms with Crippen LogP contribution in [0.5, 0.6) is 0 Å². The summed E-state index contributed by atoms with van der Waals surface area (Å²) in [5.74, 6) is -0.978. The summed E-state index contributed by atoms with van der Waals surface area (Å²) in [7, 11) is 0. The Labute approximate surface area is 199 Å². The Morgan fingerprint density at radius 2 is 2.06 bits per heavy atom. The zero-order valence-electron chi connectivity index (χ0n) is 17.0. The molecular formula is C23H20ClN3O3S2. The molecule has 0 bridgehead atoms. The fourth-order valence-electron chi connectivity index (χ4n) is 3.47. The number of pyridine rings is 1. The number of carboxylic acid groups (broad SMARTS) is 1. The van der Waals surface area contributed by atoms with Gasteiger partial charge in [0.1, 0.15) is 4.32 Å². The van der Waals surface area contributed by atoms with Crippen LogP contribution < -0.4 is 0 Å². The van der Waals surface area contributed by atoms with Gasteiger partial charge in [0, 0.05) is 35.6 Å². The highest BCUT2D eigenvalue weighted by Gasteiger charge is 2.31. The molecule has 164 valence electrons. The molecule has 0 spiro atoms. The summed E-state index contributed by atoms with van der Waals surface area (Å²) in [6.07, 6.45) is 5.72. The van der Waals surface area contributed by atoms with Crippen molar-refractivity contribution < 1.29 is 14.7 Å². The molecule has 2 aromatic heterocycles. The van der Waals surface area contributed by atoms with E-state index in [0.717, 1.165) is 28.6 Å². The largest absolute Gasteiger partial charge is 0.481 e. The lowest BCUT2D eigenvalue weighted by Crippen LogP contribution is -2.29. The maximum atomic E-state index is 12.9. The molecule has 1 amide bonds. The predicted molar refractivity (Wildman–Crippen MR) is 133 cm³/mol. The zero-order valence-corrected chi connectivity index (χ0v) is 19.4. The van der Waals surface area contributed by atoms with Crippen molar-refractivity contribution in [1.82, 2.24) is 14.9 Å². The third-order valence-corrected chi connectivity index (χ3v) is 6.83. The van der Waals surface area contributed by atoms with E-state index in [9.17, 15) is 9.59 Å². The number of unbranched alkanes of at least 4 members (excludes halogenated alkanes) is 2. The number of nitrogens with zero attached hydrogens (tertiary/aromatic N) is 2. The second-order valence-corrected chi connectivity index (χ2v) is 9.46. The number of amides is 1. The first-order valence-electron chi connectivity index (χ1n) is 10.1. The number of carboxylic acids is 1. The molecule has 0 atom stereocenters. The number of thiocarbonyl (C=S) groups is 1. The number of hydrogen-bond donors (Lipinski definition) is 2. The van der Waals surface area contributed by atoms with Crippen molar-refractivity contribution in [2.24, 2.45) is 0 Å². The molecule has 6 nitrogen and oxygen atoms in total. The highest BCUT2D eigenvalue weighted by Crippen LogP contribution is 2.34. The number of hydrogen-bond acceptors (Lipinski definition) is 5. The van der Waals surface area contributed by atoms with Crippen molar-refractivity contribution in [3.05, 3.63) is 58.2 Å². The van der Waals surface area contributed by atoms with Crippen LogP contribution in [0.1, 0.15) is 31.4 Å². The van der Waals surface area contributed by atoms with Gasteiger partial charge in [0.05, 0.1) is 21.3 Å². The Bertz CT molecular complexity index is 1240. The van der Waals surface area contributed by atoms with Crippen LogP contribution in [0.4, 0.5) is 0 Å². The molecule has 2 N–H and O–H groups in total. The number of nitrogens with one attached hydrogen (secondary N) is 1. The number of fused-ring (bicyclic) bond motifs is 1. The monoisotopic (exact) mass is 485 g/mol. The summed E-state index contributed by atoms with van der Waals surface area (Å²) < 4.78 is 0.490. The van der Waals surface area contributed by atoms with Crippen LogP contribution in [0.3, 0.4) is 0 Å². The Morgan fingerprint density at radius 3 is 2.88 bits per heavy atom. The summed E-state index contributed by atoms with van der Waals surface area (Å²) >= 11 is 13.0. The number of aliphatic carboxylic acids is 1. The number of rotatable bonds is 8. The summed E-state index contributed by atoms with van der Waals surface area (Å²) in [5.41, 5.74) is 3.28. The van der Waals surface area contributed by atoms with Gasteiger partial charge < -0.3 is 10.1 Å². The van der Waals surface area contributed by atoms with E-state index in [0.29, 0.717) is 39.3 Å². The number of aromatic nitrogens is 2. The van der Waals surface area contributed by atoms with E-state index in [1.807, 2.05) is 30.5 Å². The van der Waals surface area contributed by atoms with Crippen molar-refractivity contribution in [2.45, 2.75) is 25.7 Å². The van der Waals surface area contributed by atoms with E-state index < -0.39 is 5.97 Å². The van der Waals surface area contributed by atoms with E-state index in [1.54, 1.807) is 17.0 Å². The van der Waals surface area contributed by atoms with Gasteiger partial charge in [0.25, 0.3) is 5.91 Å². The summed E-state index contributed by atoms with van der Waals surface area (Å²) in [5, 5.41) is 10.3. The predicted octanol–water partition coefficient (Wildman–Crippen LogP) is 5.73. The first-order valence-corrected chi connectivity index (χ1v) is 11.7. The van der Waals surface area contributed by atoms with Gasteiger partial charge in [-0.3, -0.25) is 14.5 Å². The molecule has 0 unspecified atom stereocenters. The highest BCUT2D eigenvalue weighted by atomic mass is 35.5. The smallest absolute Gasteiger partial charge is 0.303 e. The first kappa shape index (κ1) is 22.5. The number of halogens is 1. The molecule has 1 aromatic carbocycles. The van der Waals surface area contributed by atoms with Gasteiger partial charge in [-0.15, -0.1) is 0 Å². The third-order valence-electron chi connectivity index (χ3n) is 5.14. The minimum Gasteiger partial charge on any atom is -0.481 e. The standard InChI is InChI=1S/C23H20ClN3O3S2/c24-16-6-8-18(14-5-7-17-15(12-14)9-10-25-17)26-19(16)13-20-22(30)27(23(31)32-20)11-3-1-2-4-21(28)29/h5-10,12-13,25H,1-4,11H2,(H,28,29). The SMILES string of the molecule is O=C(O)CCCCCN1C(=O)C(=Cc2nc(-c3ccc4[nH]ccc4c3)ccc2Cl)SC1=S. The number of carbonyl (C=O) groups is 2. The van der Waals surface area contributed by atoms with E-state index in [-0.39, 0.29) is 12.3 Å². The average Bonchev–Trinajstić information content (AvgIpc) is 3.33. The lowest BCUT2D eigenvalue weighted by atomic mass is 10.1. The molecule has 3 heterocycles. The van der Waals surface area contributed by atoms with E-state index in [1.165, 1.54) is 11.8 Å². The summed E-state index contributed by atoms with van der Waals surface area (Å²) in [6, 6.07) is 11.7. The zero-order chi connectivity index (χ0) is 22.7. The Morgan fingerprint density at radius 1 is 1.22 bits per heavy atom. The van der Waals surface area contributed by atoms with Gasteiger partial charge in [0.15, 0.2) is 0 Å². The molecule has 1 aliphatic heterocycles. The van der Waals surface area contributed by atoms with Crippen molar-refractivity contribution in [1.29, 1.82) is 0 Å². The van der Waals surface area contributed by atoms with E-state index >= 15 is 0 Å². The van der Waals surface area contributed by atoms with Crippen LogP contribution in [-0.4, -0.2) is 42.7 Å². The molecule has 1 saturated heterocycles. The quantitative estimate of drug-likeness (QED) is 0.241. The Kier molecular flexibility index (Phi) is 6.93.